The molecule has 0 atom stereocenters. The normalized spacial score (nSPS) is 18.5. The molecule has 2 aromatic heterocycles. The number of ether oxygens (including phenoxy) is 1. The first-order valence-corrected chi connectivity index (χ1v) is 10.8. The smallest absolute Gasteiger partial charge is 0.254 e. The van der Waals surface area contributed by atoms with Crippen molar-refractivity contribution in [2.45, 2.75) is 19.4 Å². The van der Waals surface area contributed by atoms with E-state index in [4.69, 9.17) is 4.74 Å². The number of aliphatic imine (C=N–C) groups is 1. The number of fused-ring (bicyclic) bond motifs is 2. The fraction of sp³-hybridized carbons (Fsp3) is 0.292. The Hall–Kier alpha value is -3.52. The fourth-order valence-corrected chi connectivity index (χ4v) is 4.82. The van der Waals surface area contributed by atoms with E-state index in [-0.39, 0.29) is 11.7 Å². The summed E-state index contributed by atoms with van der Waals surface area (Å²) in [5.41, 5.74) is 5.83. The lowest BCUT2D eigenvalue weighted by molar-refractivity contribution is 0.0756. The van der Waals surface area contributed by atoms with Gasteiger partial charge in [-0.25, -0.2) is 9.37 Å². The van der Waals surface area contributed by atoms with Gasteiger partial charge in [0, 0.05) is 37.6 Å². The number of hydrogen-bond acceptors (Lipinski definition) is 5. The van der Waals surface area contributed by atoms with Crippen LogP contribution in [0.4, 0.5) is 10.1 Å². The van der Waals surface area contributed by atoms with Gasteiger partial charge >= 0.3 is 0 Å². The van der Waals surface area contributed by atoms with Crippen LogP contribution in [0.5, 0.6) is 0 Å². The third-order valence-corrected chi connectivity index (χ3v) is 6.48. The highest BCUT2D eigenvalue weighted by Gasteiger charge is 2.28. The zero-order chi connectivity index (χ0) is 21.7. The zero-order valence-electron chi connectivity index (χ0n) is 17.4. The summed E-state index contributed by atoms with van der Waals surface area (Å²) < 4.78 is 20.9. The van der Waals surface area contributed by atoms with Gasteiger partial charge in [-0.05, 0) is 48.1 Å². The minimum Gasteiger partial charge on any atom is -0.381 e. The van der Waals surface area contributed by atoms with Gasteiger partial charge in [-0.1, -0.05) is 6.07 Å². The van der Waals surface area contributed by atoms with E-state index in [0.29, 0.717) is 30.2 Å². The van der Waals surface area contributed by atoms with Crippen LogP contribution in [-0.4, -0.2) is 40.9 Å². The summed E-state index contributed by atoms with van der Waals surface area (Å²) in [7, 11) is 0. The maximum Gasteiger partial charge on any atom is 0.254 e. The Morgan fingerprint density at radius 3 is 2.97 bits per heavy atom. The van der Waals surface area contributed by atoms with E-state index in [9.17, 15) is 9.18 Å². The second kappa shape index (κ2) is 7.56. The molecule has 7 nitrogen and oxygen atoms in total. The number of benzene rings is 1. The van der Waals surface area contributed by atoms with Crippen LogP contribution in [-0.2, 0) is 11.3 Å². The molecule has 8 heteroatoms. The van der Waals surface area contributed by atoms with E-state index >= 15 is 0 Å². The third kappa shape index (κ3) is 3.18. The molecule has 2 N–H and O–H groups in total. The average Bonchev–Trinajstić information content (AvgIpc) is 3.54. The van der Waals surface area contributed by atoms with E-state index < -0.39 is 0 Å². The number of hydrogen-bond donors (Lipinski definition) is 2. The lowest BCUT2D eigenvalue weighted by atomic mass is 9.92. The molecule has 3 aromatic rings. The molecule has 162 valence electrons. The van der Waals surface area contributed by atoms with Gasteiger partial charge in [0.15, 0.2) is 0 Å². The Kier molecular flexibility index (Phi) is 4.53. The van der Waals surface area contributed by atoms with Crippen molar-refractivity contribution in [1.29, 1.82) is 0 Å². The second-order valence-corrected chi connectivity index (χ2v) is 8.35. The first-order valence-electron chi connectivity index (χ1n) is 10.8. The number of amidine groups is 1. The van der Waals surface area contributed by atoms with Gasteiger partial charge < -0.3 is 15.4 Å². The van der Waals surface area contributed by atoms with Crippen molar-refractivity contribution in [3.05, 3.63) is 65.3 Å². The van der Waals surface area contributed by atoms with Crippen LogP contribution in [0.2, 0.25) is 0 Å². The Balaban J connectivity index is 1.34. The molecular weight excluding hydrogens is 409 g/mol. The van der Waals surface area contributed by atoms with E-state index in [0.717, 1.165) is 54.4 Å². The molecule has 0 radical (unpaired) electrons. The topological polar surface area (TPSA) is 80.0 Å². The Morgan fingerprint density at radius 1 is 1.22 bits per heavy atom. The average molecular weight is 431 g/mol. The maximum atomic E-state index is 13.6. The fourth-order valence-electron chi connectivity index (χ4n) is 4.82. The minimum absolute atomic E-state index is 0.114. The first kappa shape index (κ1) is 19.2. The van der Waals surface area contributed by atoms with Crippen LogP contribution in [0.3, 0.4) is 0 Å². The van der Waals surface area contributed by atoms with Gasteiger partial charge in [-0.15, -0.1) is 0 Å². The molecule has 3 aliphatic rings. The largest absolute Gasteiger partial charge is 0.381 e. The predicted octanol–water partition coefficient (Wildman–Crippen LogP) is 3.56. The standard InChI is InChI=1S/C24H22FN5O2/c25-16-3-6-30-20(13-27-22(30)10-16)17-1-2-19(23-18(17)12-28-24(23)31)29-21-9-15(11-26-21)14-4-7-32-8-5-14/h1-3,6,9-10,13-14H,4-5,7-8,11-12H2,(H,26,29)(H,28,31). The Bertz CT molecular complexity index is 1300. The maximum absolute atomic E-state index is 13.6. The van der Waals surface area contributed by atoms with Crippen molar-refractivity contribution in [1.82, 2.24) is 14.7 Å². The highest BCUT2D eigenvalue weighted by molar-refractivity contribution is 6.12. The van der Waals surface area contributed by atoms with Crippen LogP contribution in [0, 0.1) is 11.7 Å². The molecule has 1 saturated heterocycles. The number of halogens is 1. The van der Waals surface area contributed by atoms with Crippen LogP contribution in [0.15, 0.2) is 53.3 Å². The molecule has 3 aliphatic heterocycles. The highest BCUT2D eigenvalue weighted by Crippen LogP contribution is 2.35. The summed E-state index contributed by atoms with van der Waals surface area (Å²) in [6.45, 7) is 2.73. The molecule has 1 amide bonds. The summed E-state index contributed by atoms with van der Waals surface area (Å²) in [5, 5.41) is 6.30. The molecule has 1 aromatic carbocycles. The van der Waals surface area contributed by atoms with Gasteiger partial charge in [0.2, 0.25) is 0 Å². The predicted molar refractivity (Wildman–Crippen MR) is 119 cm³/mol. The summed E-state index contributed by atoms with van der Waals surface area (Å²) in [4.78, 5) is 21.7. The molecule has 0 saturated carbocycles. The SMILES string of the molecule is O=C1NCc2c(-c3cnc4cc(F)ccn34)ccc(NC3=NCC(C4CCOCC4)=C3)c21. The minimum atomic E-state index is -0.332. The van der Waals surface area contributed by atoms with E-state index in [1.165, 1.54) is 17.7 Å². The number of nitrogens with one attached hydrogen (secondary N) is 2. The number of imidazole rings is 1. The summed E-state index contributed by atoms with van der Waals surface area (Å²) in [6, 6.07) is 6.68. The molecule has 0 bridgehead atoms. The molecular formula is C24H22FN5O2. The van der Waals surface area contributed by atoms with E-state index in [1.54, 1.807) is 12.4 Å². The summed E-state index contributed by atoms with van der Waals surface area (Å²) in [6.07, 6.45) is 7.55. The van der Waals surface area contributed by atoms with E-state index in [1.807, 2.05) is 16.5 Å². The van der Waals surface area contributed by atoms with E-state index in [2.05, 4.69) is 26.7 Å². The number of rotatable bonds is 3. The van der Waals surface area contributed by atoms with Crippen LogP contribution in [0.1, 0.15) is 28.8 Å². The number of amides is 1. The third-order valence-electron chi connectivity index (χ3n) is 6.48. The second-order valence-electron chi connectivity index (χ2n) is 8.35. The van der Waals surface area contributed by atoms with Crippen LogP contribution in [0.25, 0.3) is 16.9 Å². The number of aromatic nitrogens is 2. The molecule has 1 fully saturated rings. The van der Waals surface area contributed by atoms with Gasteiger partial charge in [0.1, 0.15) is 17.3 Å². The number of carbonyl (C=O) groups is 1. The number of carbonyl (C=O) groups excluding carboxylic acids is 1. The number of nitrogens with zero attached hydrogens (tertiary/aromatic N) is 3. The van der Waals surface area contributed by atoms with Crippen molar-refractivity contribution >= 4 is 23.1 Å². The summed E-state index contributed by atoms with van der Waals surface area (Å²) >= 11 is 0. The lowest BCUT2D eigenvalue weighted by Crippen LogP contribution is -2.18. The monoisotopic (exact) mass is 431 g/mol. The van der Waals surface area contributed by atoms with Crippen molar-refractivity contribution in [2.24, 2.45) is 10.9 Å². The van der Waals surface area contributed by atoms with Crippen molar-refractivity contribution < 1.29 is 13.9 Å². The molecule has 32 heavy (non-hydrogen) atoms. The molecule has 6 rings (SSSR count). The molecule has 0 spiro atoms. The lowest BCUT2D eigenvalue weighted by Gasteiger charge is -2.22. The summed E-state index contributed by atoms with van der Waals surface area (Å²) in [5.74, 6) is 0.854. The molecule has 0 unspecified atom stereocenters. The van der Waals surface area contributed by atoms with Crippen molar-refractivity contribution in [3.8, 4) is 11.3 Å². The highest BCUT2D eigenvalue weighted by atomic mass is 19.1. The van der Waals surface area contributed by atoms with Crippen molar-refractivity contribution in [2.75, 3.05) is 25.1 Å². The molecule has 5 heterocycles. The van der Waals surface area contributed by atoms with Crippen molar-refractivity contribution in [3.63, 3.8) is 0 Å². The van der Waals surface area contributed by atoms with Crippen LogP contribution >= 0.6 is 0 Å². The van der Waals surface area contributed by atoms with Crippen LogP contribution < -0.4 is 10.6 Å². The molecule has 0 aliphatic carbocycles. The van der Waals surface area contributed by atoms with Gasteiger partial charge in [-0.2, -0.15) is 0 Å². The Labute approximate surface area is 184 Å². The quantitative estimate of drug-likeness (QED) is 0.665. The number of pyridine rings is 1. The number of anilines is 1. The Morgan fingerprint density at radius 2 is 2.09 bits per heavy atom. The first-order chi connectivity index (χ1) is 15.7. The van der Waals surface area contributed by atoms with Gasteiger partial charge in [-0.3, -0.25) is 14.2 Å². The van der Waals surface area contributed by atoms with Gasteiger partial charge in [0.25, 0.3) is 5.91 Å². The van der Waals surface area contributed by atoms with Gasteiger partial charge in [0.05, 0.1) is 29.7 Å². The zero-order valence-corrected chi connectivity index (χ0v) is 17.4.